The van der Waals surface area contributed by atoms with Crippen LogP contribution in [0.25, 0.3) is 0 Å². The van der Waals surface area contributed by atoms with E-state index in [9.17, 15) is 12.8 Å². The average molecular weight is 363 g/mol. The Morgan fingerprint density at radius 3 is 2.68 bits per heavy atom. The molecule has 1 aliphatic heterocycles. The number of benzene rings is 2. The van der Waals surface area contributed by atoms with Gasteiger partial charge in [-0.3, -0.25) is 0 Å². The highest BCUT2D eigenvalue weighted by molar-refractivity contribution is 7.89. The second-order valence-electron chi connectivity index (χ2n) is 6.38. The molecule has 3 rings (SSSR count). The summed E-state index contributed by atoms with van der Waals surface area (Å²) in [7, 11) is -3.51. The van der Waals surface area contributed by atoms with Crippen LogP contribution in [0.4, 0.5) is 4.39 Å². The van der Waals surface area contributed by atoms with E-state index >= 15 is 0 Å². The largest absolute Gasteiger partial charge is 0.372 e. The minimum Gasteiger partial charge on any atom is -0.372 e. The molecule has 134 valence electrons. The molecule has 1 heterocycles. The molecule has 1 unspecified atom stereocenters. The summed E-state index contributed by atoms with van der Waals surface area (Å²) in [6, 6.07) is 13.1. The van der Waals surface area contributed by atoms with Crippen LogP contribution in [0.5, 0.6) is 0 Å². The summed E-state index contributed by atoms with van der Waals surface area (Å²) in [5, 5.41) is 0. The first-order chi connectivity index (χ1) is 11.9. The molecule has 6 heteroatoms. The van der Waals surface area contributed by atoms with Gasteiger partial charge in [-0.05, 0) is 49.6 Å². The van der Waals surface area contributed by atoms with E-state index in [2.05, 4.69) is 0 Å². The zero-order valence-electron chi connectivity index (χ0n) is 14.2. The van der Waals surface area contributed by atoms with Gasteiger partial charge in [0, 0.05) is 13.1 Å². The summed E-state index contributed by atoms with van der Waals surface area (Å²) in [4.78, 5) is 0.309. The summed E-state index contributed by atoms with van der Waals surface area (Å²) in [5.41, 5.74) is 1.77. The molecule has 0 saturated carbocycles. The van der Waals surface area contributed by atoms with Crippen molar-refractivity contribution in [3.63, 3.8) is 0 Å². The van der Waals surface area contributed by atoms with E-state index in [4.69, 9.17) is 4.74 Å². The molecule has 1 saturated heterocycles. The number of nitrogens with zero attached hydrogens (tertiary/aromatic N) is 1. The Morgan fingerprint density at radius 2 is 1.96 bits per heavy atom. The molecule has 1 aliphatic rings. The fourth-order valence-corrected chi connectivity index (χ4v) is 4.47. The summed E-state index contributed by atoms with van der Waals surface area (Å²) in [5.74, 6) is -0.298. The molecule has 0 aliphatic carbocycles. The minimum absolute atomic E-state index is 0.183. The Kier molecular flexibility index (Phi) is 5.51. The standard InChI is InChI=1S/C19H22FNO3S/c1-15-7-9-19(10-8-15)25(22,23)21-11-3-6-18(13-21)24-14-16-4-2-5-17(20)12-16/h2,4-5,7-10,12,18H,3,6,11,13-14H2,1H3. The summed E-state index contributed by atoms with van der Waals surface area (Å²) in [6.45, 7) is 3.02. The highest BCUT2D eigenvalue weighted by Crippen LogP contribution is 2.23. The van der Waals surface area contributed by atoms with Crippen molar-refractivity contribution in [3.8, 4) is 0 Å². The molecular formula is C19H22FNO3S. The first-order valence-corrected chi connectivity index (χ1v) is 9.82. The van der Waals surface area contributed by atoms with E-state index < -0.39 is 10.0 Å². The van der Waals surface area contributed by atoms with Gasteiger partial charge < -0.3 is 4.74 Å². The van der Waals surface area contributed by atoms with Crippen LogP contribution in [0.15, 0.2) is 53.4 Å². The second-order valence-corrected chi connectivity index (χ2v) is 8.32. The van der Waals surface area contributed by atoms with Gasteiger partial charge in [0.1, 0.15) is 5.82 Å². The average Bonchev–Trinajstić information content (AvgIpc) is 2.61. The Labute approximate surface area is 148 Å². The molecule has 0 aromatic heterocycles. The van der Waals surface area contributed by atoms with Crippen molar-refractivity contribution in [2.75, 3.05) is 13.1 Å². The predicted octanol–water partition coefficient (Wildman–Crippen LogP) is 3.50. The maximum Gasteiger partial charge on any atom is 0.243 e. The van der Waals surface area contributed by atoms with Crippen LogP contribution >= 0.6 is 0 Å². The molecule has 0 spiro atoms. The number of ether oxygens (including phenoxy) is 1. The van der Waals surface area contributed by atoms with Crippen LogP contribution in [0.2, 0.25) is 0 Å². The smallest absolute Gasteiger partial charge is 0.243 e. The van der Waals surface area contributed by atoms with Crippen molar-refractivity contribution in [1.29, 1.82) is 0 Å². The normalized spacial score (nSPS) is 19.0. The van der Waals surface area contributed by atoms with Crippen molar-refractivity contribution in [1.82, 2.24) is 4.31 Å². The molecule has 4 nitrogen and oxygen atoms in total. The SMILES string of the molecule is Cc1ccc(S(=O)(=O)N2CCCC(OCc3cccc(F)c3)C2)cc1. The number of sulfonamides is 1. The van der Waals surface area contributed by atoms with Crippen LogP contribution in [-0.2, 0) is 21.4 Å². The van der Waals surface area contributed by atoms with Gasteiger partial charge in [0.05, 0.1) is 17.6 Å². The molecular weight excluding hydrogens is 341 g/mol. The second kappa shape index (κ2) is 7.64. The fraction of sp³-hybridized carbons (Fsp3) is 0.368. The number of aryl methyl sites for hydroxylation is 1. The number of hydrogen-bond acceptors (Lipinski definition) is 3. The van der Waals surface area contributed by atoms with Crippen molar-refractivity contribution in [2.24, 2.45) is 0 Å². The summed E-state index contributed by atoms with van der Waals surface area (Å²) < 4.78 is 46.1. The van der Waals surface area contributed by atoms with E-state index in [0.717, 1.165) is 24.0 Å². The van der Waals surface area contributed by atoms with E-state index in [-0.39, 0.29) is 18.5 Å². The molecule has 0 N–H and O–H groups in total. The van der Waals surface area contributed by atoms with Crippen molar-refractivity contribution in [2.45, 2.75) is 37.4 Å². The molecule has 0 amide bonds. The van der Waals surface area contributed by atoms with Crippen molar-refractivity contribution < 1.29 is 17.5 Å². The Hall–Kier alpha value is -1.76. The van der Waals surface area contributed by atoms with Crippen LogP contribution in [0.3, 0.4) is 0 Å². The van der Waals surface area contributed by atoms with Crippen molar-refractivity contribution >= 4 is 10.0 Å². The van der Waals surface area contributed by atoms with Gasteiger partial charge >= 0.3 is 0 Å². The molecule has 2 aromatic carbocycles. The van der Waals surface area contributed by atoms with E-state index in [1.165, 1.54) is 16.4 Å². The number of rotatable bonds is 5. The van der Waals surface area contributed by atoms with Crippen LogP contribution in [-0.4, -0.2) is 31.9 Å². The molecule has 1 fully saturated rings. The van der Waals surface area contributed by atoms with Gasteiger partial charge in [-0.2, -0.15) is 4.31 Å². The topological polar surface area (TPSA) is 46.6 Å². The van der Waals surface area contributed by atoms with Gasteiger partial charge in [0.15, 0.2) is 0 Å². The lowest BCUT2D eigenvalue weighted by atomic mass is 10.1. The zero-order valence-corrected chi connectivity index (χ0v) is 15.0. The Balaban J connectivity index is 1.65. The maximum atomic E-state index is 13.2. The summed E-state index contributed by atoms with van der Waals surface area (Å²) >= 11 is 0. The minimum atomic E-state index is -3.51. The van der Waals surface area contributed by atoms with Gasteiger partial charge in [0.25, 0.3) is 0 Å². The summed E-state index contributed by atoms with van der Waals surface area (Å²) in [6.07, 6.45) is 1.37. The molecule has 0 bridgehead atoms. The molecule has 2 aromatic rings. The van der Waals surface area contributed by atoms with Crippen LogP contribution in [0, 0.1) is 12.7 Å². The van der Waals surface area contributed by atoms with Gasteiger partial charge in [0.2, 0.25) is 10.0 Å². The lowest BCUT2D eigenvalue weighted by molar-refractivity contribution is 0.00802. The van der Waals surface area contributed by atoms with E-state index in [1.807, 2.05) is 6.92 Å². The fourth-order valence-electron chi connectivity index (χ4n) is 2.96. The van der Waals surface area contributed by atoms with Gasteiger partial charge in [-0.1, -0.05) is 29.8 Å². The Morgan fingerprint density at radius 1 is 1.20 bits per heavy atom. The number of piperidine rings is 1. The highest BCUT2D eigenvalue weighted by atomic mass is 32.2. The van der Waals surface area contributed by atoms with Crippen molar-refractivity contribution in [3.05, 3.63) is 65.5 Å². The number of halogens is 1. The Bertz CT molecular complexity index is 821. The van der Waals surface area contributed by atoms with E-state index in [1.54, 1.807) is 36.4 Å². The molecule has 1 atom stereocenters. The van der Waals surface area contributed by atoms with Crippen LogP contribution in [0.1, 0.15) is 24.0 Å². The lowest BCUT2D eigenvalue weighted by Crippen LogP contribution is -2.43. The quantitative estimate of drug-likeness (QED) is 0.817. The maximum absolute atomic E-state index is 13.2. The first kappa shape index (κ1) is 18.0. The highest BCUT2D eigenvalue weighted by Gasteiger charge is 2.30. The third-order valence-corrected chi connectivity index (χ3v) is 6.25. The van der Waals surface area contributed by atoms with Gasteiger partial charge in [-0.25, -0.2) is 12.8 Å². The molecule has 0 radical (unpaired) electrons. The lowest BCUT2D eigenvalue weighted by Gasteiger charge is -2.32. The van der Waals surface area contributed by atoms with E-state index in [0.29, 0.717) is 18.0 Å². The zero-order chi connectivity index (χ0) is 17.9. The third-order valence-electron chi connectivity index (χ3n) is 4.37. The van der Waals surface area contributed by atoms with Gasteiger partial charge in [-0.15, -0.1) is 0 Å². The number of hydrogen-bond donors (Lipinski definition) is 0. The third kappa shape index (κ3) is 4.45. The predicted molar refractivity (Wildman–Crippen MR) is 94.1 cm³/mol. The van der Waals surface area contributed by atoms with Crippen LogP contribution < -0.4 is 0 Å². The monoisotopic (exact) mass is 363 g/mol. The first-order valence-electron chi connectivity index (χ1n) is 8.38. The molecule has 25 heavy (non-hydrogen) atoms.